The molecule has 1 aliphatic rings. The molecule has 53 heavy (non-hydrogen) atoms. The van der Waals surface area contributed by atoms with E-state index >= 15 is 0 Å². The number of rotatable bonds is 22. The van der Waals surface area contributed by atoms with Crippen molar-refractivity contribution in [3.8, 4) is 0 Å². The van der Waals surface area contributed by atoms with Crippen LogP contribution in [0.25, 0.3) is 16.9 Å². The largest absolute Gasteiger partial charge is 2.00 e. The molecule has 0 bridgehead atoms. The summed E-state index contributed by atoms with van der Waals surface area (Å²) in [7, 11) is 0. The van der Waals surface area contributed by atoms with Gasteiger partial charge in [-0.05, 0) is 149 Å². The summed E-state index contributed by atoms with van der Waals surface area (Å²) in [6.45, 7) is 29.4. The van der Waals surface area contributed by atoms with Crippen molar-refractivity contribution in [2.75, 3.05) is 0 Å². The van der Waals surface area contributed by atoms with Crippen LogP contribution in [0.4, 0.5) is 0 Å². The van der Waals surface area contributed by atoms with Crippen molar-refractivity contribution in [2.45, 2.75) is 210 Å². The van der Waals surface area contributed by atoms with Crippen molar-refractivity contribution >= 4 is 11.4 Å². The Morgan fingerprint density at radius 1 is 0.434 bits per heavy atom. The fourth-order valence-electron chi connectivity index (χ4n) is 7.33. The maximum Gasteiger partial charge on any atom is 2.00 e. The van der Waals surface area contributed by atoms with Crippen LogP contribution in [0.3, 0.4) is 0 Å². The van der Waals surface area contributed by atoms with Crippen molar-refractivity contribution in [1.82, 2.24) is 0 Å². The Morgan fingerprint density at radius 2 is 0.698 bits per heavy atom. The first-order valence-corrected chi connectivity index (χ1v) is 22.0. The molecule has 1 heterocycles. The fraction of sp³-hybridized carbons (Fsp3) is 0.640. The molecule has 3 rings (SSSR count). The van der Waals surface area contributed by atoms with Crippen LogP contribution in [0.1, 0.15) is 215 Å². The molecule has 0 unspecified atom stereocenters. The number of unbranched alkanes of at least 4 members (excludes halogenated alkanes) is 8. The van der Waals surface area contributed by atoms with Gasteiger partial charge in [-0.2, -0.15) is 12.8 Å². The summed E-state index contributed by atoms with van der Waals surface area (Å²) in [5, 5.41) is 0. The van der Waals surface area contributed by atoms with Crippen molar-refractivity contribution < 1.29 is 21.2 Å². The van der Waals surface area contributed by atoms with Crippen LogP contribution >= 0.6 is 0 Å². The predicted octanol–water partition coefficient (Wildman–Crippen LogP) is 16.5. The van der Waals surface area contributed by atoms with Crippen molar-refractivity contribution in [3.05, 3.63) is 99.3 Å². The average molecular weight is 770 g/mol. The molecule has 2 aromatic rings. The number of hydrogen-bond donors (Lipinski definition) is 0. The Kier molecular flexibility index (Phi) is 29.1. The van der Waals surface area contributed by atoms with Gasteiger partial charge in [0, 0.05) is 22.3 Å². The van der Waals surface area contributed by atoms with Gasteiger partial charge >= 0.3 is 16.5 Å². The molecule has 0 saturated carbocycles. The molecule has 0 amide bonds. The maximum absolute atomic E-state index is 12.5. The van der Waals surface area contributed by atoms with Crippen LogP contribution in [0, 0.1) is 27.7 Å². The van der Waals surface area contributed by atoms with Gasteiger partial charge < -0.3 is 19.4 Å². The SMILES string of the molecule is CCCCCCC1=C(c2cc(CCCC)c(C)c(CCCC)c2)[N+](=[N-])C(c2cc(CCCC)c(C)c(CCCC)c2)=C1CCCC.[CH2-]CC.[CH2-]CC.[Ni+2]. The van der Waals surface area contributed by atoms with Gasteiger partial charge in [0.15, 0.2) is 0 Å². The molecule has 2 aromatic carbocycles. The van der Waals surface area contributed by atoms with E-state index in [1.165, 1.54) is 133 Å². The summed E-state index contributed by atoms with van der Waals surface area (Å²) in [4.78, 5) is 0. The second-order valence-electron chi connectivity index (χ2n) is 15.1. The van der Waals surface area contributed by atoms with Gasteiger partial charge in [0.05, 0.1) is 0 Å². The van der Waals surface area contributed by atoms with Crippen molar-refractivity contribution in [3.63, 3.8) is 0 Å². The Balaban J connectivity index is 0.00000361. The second kappa shape index (κ2) is 30.3. The molecule has 302 valence electrons. The van der Waals surface area contributed by atoms with Crippen LogP contribution < -0.4 is 0 Å². The summed E-state index contributed by atoms with van der Waals surface area (Å²) in [5.41, 5.74) is 28.7. The molecule has 0 N–H and O–H groups in total. The third kappa shape index (κ3) is 16.3. The number of allylic oxidation sites excluding steroid dienone is 2. The van der Waals surface area contributed by atoms with Crippen LogP contribution in [0.2, 0.25) is 0 Å². The normalized spacial score (nSPS) is 12.4. The third-order valence-electron chi connectivity index (χ3n) is 10.4. The molecule has 0 saturated heterocycles. The van der Waals surface area contributed by atoms with Crippen LogP contribution in [0.15, 0.2) is 35.4 Å². The Morgan fingerprint density at radius 3 is 0.981 bits per heavy atom. The minimum Gasteiger partial charge on any atom is -0.493 e. The predicted molar refractivity (Wildman–Crippen MR) is 234 cm³/mol. The van der Waals surface area contributed by atoms with E-state index in [2.05, 4.69) is 93.5 Å². The minimum absolute atomic E-state index is 0. The monoisotopic (exact) mass is 769 g/mol. The number of hydrogen-bond acceptors (Lipinski definition) is 0. The molecular weight excluding hydrogens is 687 g/mol. The quantitative estimate of drug-likeness (QED) is 0.0493. The Hall–Kier alpha value is -1.99. The zero-order chi connectivity index (χ0) is 38.9. The average Bonchev–Trinajstić information content (AvgIpc) is 3.41. The summed E-state index contributed by atoms with van der Waals surface area (Å²) >= 11 is 0. The molecule has 0 atom stereocenters. The zero-order valence-electron chi connectivity index (χ0n) is 36.5. The van der Waals surface area contributed by atoms with Crippen molar-refractivity contribution in [1.29, 1.82) is 0 Å². The van der Waals surface area contributed by atoms with Crippen LogP contribution in [-0.2, 0) is 42.2 Å². The molecule has 2 nitrogen and oxygen atoms in total. The first kappa shape index (κ1) is 51.0. The van der Waals surface area contributed by atoms with Gasteiger partial charge in [0.2, 0.25) is 11.4 Å². The van der Waals surface area contributed by atoms with Crippen LogP contribution in [-0.4, -0.2) is 4.70 Å². The topological polar surface area (TPSA) is 25.3 Å². The van der Waals surface area contributed by atoms with Crippen molar-refractivity contribution in [2.24, 2.45) is 0 Å². The van der Waals surface area contributed by atoms with E-state index in [4.69, 9.17) is 0 Å². The van der Waals surface area contributed by atoms with E-state index < -0.39 is 0 Å². The molecule has 0 fully saturated rings. The van der Waals surface area contributed by atoms with E-state index in [0.717, 1.165) is 75.6 Å². The third-order valence-corrected chi connectivity index (χ3v) is 10.4. The number of benzene rings is 2. The van der Waals surface area contributed by atoms with Gasteiger partial charge in [-0.25, -0.2) is 4.70 Å². The van der Waals surface area contributed by atoms with Gasteiger partial charge in [0.25, 0.3) is 0 Å². The van der Waals surface area contributed by atoms with Gasteiger partial charge in [-0.15, -0.1) is 0 Å². The molecule has 0 aromatic heterocycles. The van der Waals surface area contributed by atoms with E-state index in [1.807, 2.05) is 13.8 Å². The maximum atomic E-state index is 12.5. The van der Waals surface area contributed by atoms with E-state index in [1.54, 1.807) is 4.70 Å². The van der Waals surface area contributed by atoms with Gasteiger partial charge in [-0.1, -0.05) is 107 Å². The molecular formula is C50H82N2Ni. The Labute approximate surface area is 340 Å². The summed E-state index contributed by atoms with van der Waals surface area (Å²) < 4.78 is 1.66. The molecule has 0 spiro atoms. The first-order chi connectivity index (χ1) is 25.2. The van der Waals surface area contributed by atoms with E-state index in [-0.39, 0.29) is 16.5 Å². The number of aryl methyl sites for hydroxylation is 4. The summed E-state index contributed by atoms with van der Waals surface area (Å²) in [5.74, 6) is 0. The van der Waals surface area contributed by atoms with Gasteiger partial charge in [-0.3, -0.25) is 0 Å². The number of nitrogens with zero attached hydrogens (tertiary/aromatic N) is 2. The molecule has 0 radical (unpaired) electrons. The minimum atomic E-state index is 0. The smallest absolute Gasteiger partial charge is 0.493 e. The van der Waals surface area contributed by atoms with Crippen LogP contribution in [0.5, 0.6) is 0 Å². The Bertz CT molecular complexity index is 1320. The first-order valence-electron chi connectivity index (χ1n) is 22.0. The molecule has 1 aliphatic heterocycles. The summed E-state index contributed by atoms with van der Waals surface area (Å²) in [6.07, 6.45) is 25.4. The van der Waals surface area contributed by atoms with E-state index in [9.17, 15) is 5.53 Å². The zero-order valence-corrected chi connectivity index (χ0v) is 37.5. The molecule has 3 heteroatoms. The van der Waals surface area contributed by atoms with E-state index in [0.29, 0.717) is 0 Å². The standard InChI is InChI=1S/C44H68N2.2C3H7.Ni/c1-9-15-21-22-28-42-41(27-20-14-6)43(39-29-35(23-16-10-2)33(7)36(30-39)24-17-11-3)46(45)44(42)40-31-37(25-18-12-4)34(8)38(32-40)26-19-13-5;2*1-3-2;/h29-32H,9-28H2,1-8H3;2*1,3H2,2H3;/q;2*-1;+2. The fourth-order valence-corrected chi connectivity index (χ4v) is 7.33. The second-order valence-corrected chi connectivity index (χ2v) is 15.1. The van der Waals surface area contributed by atoms with Gasteiger partial charge in [0.1, 0.15) is 0 Å². The molecule has 0 aliphatic carbocycles. The summed E-state index contributed by atoms with van der Waals surface area (Å²) in [6, 6.07) is 9.77.